The Morgan fingerprint density at radius 2 is 1.81 bits per heavy atom. The van der Waals surface area contributed by atoms with E-state index in [1.54, 1.807) is 0 Å². The van der Waals surface area contributed by atoms with Crippen molar-refractivity contribution < 1.29 is 4.74 Å². The van der Waals surface area contributed by atoms with Gasteiger partial charge in [0.2, 0.25) is 11.9 Å². The number of nitrogens with two attached hydrogens (primary N) is 1. The predicted molar refractivity (Wildman–Crippen MR) is 88.3 cm³/mol. The van der Waals surface area contributed by atoms with Gasteiger partial charge in [-0.2, -0.15) is 15.0 Å². The summed E-state index contributed by atoms with van der Waals surface area (Å²) < 4.78 is 6.83. The number of nitrogens with one attached hydrogen (secondary N) is 1. The van der Waals surface area contributed by atoms with Gasteiger partial charge in [0.15, 0.2) is 0 Å². The maximum absolute atomic E-state index is 5.69. The standard InChI is InChI=1S/C13H15IN6O/c14-9-3-5-10(6-4-9)21-13-17-11(19-15)16-12(18-13)20-7-1-2-8-20/h3-6H,1-2,7-8,15H2,(H,16,17,18,19). The van der Waals surface area contributed by atoms with Gasteiger partial charge in [-0.25, -0.2) is 5.84 Å². The summed E-state index contributed by atoms with van der Waals surface area (Å²) in [6.45, 7) is 1.88. The van der Waals surface area contributed by atoms with Crippen LogP contribution < -0.4 is 20.9 Å². The maximum atomic E-state index is 5.69. The molecule has 1 aliphatic rings. The number of halogens is 1. The molecule has 0 spiro atoms. The van der Waals surface area contributed by atoms with Crippen molar-refractivity contribution in [3.63, 3.8) is 0 Å². The Morgan fingerprint density at radius 3 is 2.48 bits per heavy atom. The molecule has 1 aromatic carbocycles. The van der Waals surface area contributed by atoms with Crippen molar-refractivity contribution in [1.29, 1.82) is 0 Å². The highest BCUT2D eigenvalue weighted by Gasteiger charge is 2.18. The highest BCUT2D eigenvalue weighted by molar-refractivity contribution is 14.1. The zero-order chi connectivity index (χ0) is 14.7. The number of aromatic nitrogens is 3. The lowest BCUT2D eigenvalue weighted by molar-refractivity contribution is 0.440. The fourth-order valence-corrected chi connectivity index (χ4v) is 2.48. The molecule has 21 heavy (non-hydrogen) atoms. The molecule has 0 radical (unpaired) electrons. The smallest absolute Gasteiger partial charge is 0.328 e. The monoisotopic (exact) mass is 398 g/mol. The molecule has 1 saturated heterocycles. The molecule has 0 saturated carbocycles. The summed E-state index contributed by atoms with van der Waals surface area (Å²) in [5.41, 5.74) is 2.46. The van der Waals surface area contributed by atoms with Crippen LogP contribution in [-0.4, -0.2) is 28.0 Å². The highest BCUT2D eigenvalue weighted by atomic mass is 127. The molecule has 0 aliphatic carbocycles. The van der Waals surface area contributed by atoms with E-state index in [-0.39, 0.29) is 6.01 Å². The molecule has 110 valence electrons. The van der Waals surface area contributed by atoms with E-state index in [1.807, 2.05) is 24.3 Å². The molecule has 0 bridgehead atoms. The third-order valence-electron chi connectivity index (χ3n) is 3.14. The first-order chi connectivity index (χ1) is 10.2. The molecule has 7 nitrogen and oxygen atoms in total. The number of nitrogen functional groups attached to an aromatic ring is 1. The lowest BCUT2D eigenvalue weighted by Crippen LogP contribution is -2.22. The van der Waals surface area contributed by atoms with Crippen LogP contribution in [0.2, 0.25) is 0 Å². The van der Waals surface area contributed by atoms with Crippen LogP contribution in [0.4, 0.5) is 11.9 Å². The van der Waals surface area contributed by atoms with Crippen LogP contribution in [0.25, 0.3) is 0 Å². The number of ether oxygens (including phenoxy) is 1. The van der Waals surface area contributed by atoms with Gasteiger partial charge in [0.1, 0.15) is 5.75 Å². The Labute approximate surface area is 136 Å². The van der Waals surface area contributed by atoms with E-state index in [1.165, 1.54) is 0 Å². The van der Waals surface area contributed by atoms with Gasteiger partial charge < -0.3 is 9.64 Å². The molecule has 1 fully saturated rings. The van der Waals surface area contributed by atoms with E-state index >= 15 is 0 Å². The molecule has 2 aromatic rings. The predicted octanol–water partition coefficient (Wildman–Crippen LogP) is 2.15. The number of rotatable bonds is 4. The fraction of sp³-hybridized carbons (Fsp3) is 0.308. The van der Waals surface area contributed by atoms with Crippen molar-refractivity contribution >= 4 is 34.5 Å². The topological polar surface area (TPSA) is 89.2 Å². The molecule has 3 rings (SSSR count). The first-order valence-electron chi connectivity index (χ1n) is 6.65. The summed E-state index contributed by atoms with van der Waals surface area (Å²) in [5, 5.41) is 0. The van der Waals surface area contributed by atoms with E-state index in [9.17, 15) is 0 Å². The lowest BCUT2D eigenvalue weighted by Gasteiger charge is -2.16. The van der Waals surface area contributed by atoms with Gasteiger partial charge in [0, 0.05) is 16.7 Å². The molecule has 3 N–H and O–H groups in total. The SMILES string of the molecule is NNc1nc(Oc2ccc(I)cc2)nc(N2CCCC2)n1. The second kappa shape index (κ2) is 6.39. The minimum atomic E-state index is 0.237. The minimum Gasteiger partial charge on any atom is -0.424 e. The van der Waals surface area contributed by atoms with Crippen molar-refractivity contribution in [1.82, 2.24) is 15.0 Å². The molecule has 2 heterocycles. The quantitative estimate of drug-likeness (QED) is 0.464. The number of hydrogen-bond donors (Lipinski definition) is 2. The van der Waals surface area contributed by atoms with Crippen LogP contribution in [-0.2, 0) is 0 Å². The van der Waals surface area contributed by atoms with Crippen molar-refractivity contribution in [3.8, 4) is 11.8 Å². The Balaban J connectivity index is 1.86. The number of hydrogen-bond acceptors (Lipinski definition) is 7. The maximum Gasteiger partial charge on any atom is 0.328 e. The van der Waals surface area contributed by atoms with Gasteiger partial charge in [-0.1, -0.05) is 0 Å². The largest absolute Gasteiger partial charge is 0.424 e. The Kier molecular flexibility index (Phi) is 4.34. The van der Waals surface area contributed by atoms with E-state index in [4.69, 9.17) is 10.6 Å². The van der Waals surface area contributed by atoms with Gasteiger partial charge in [-0.05, 0) is 59.7 Å². The van der Waals surface area contributed by atoms with Gasteiger partial charge in [-0.15, -0.1) is 0 Å². The normalized spacial score (nSPS) is 14.3. The van der Waals surface area contributed by atoms with Crippen LogP contribution in [0.3, 0.4) is 0 Å². The van der Waals surface area contributed by atoms with Crippen molar-refractivity contribution in [3.05, 3.63) is 27.8 Å². The van der Waals surface area contributed by atoms with Crippen LogP contribution in [0, 0.1) is 3.57 Å². The fourth-order valence-electron chi connectivity index (χ4n) is 2.12. The van der Waals surface area contributed by atoms with Crippen LogP contribution in [0.15, 0.2) is 24.3 Å². The van der Waals surface area contributed by atoms with E-state index in [2.05, 4.69) is 47.9 Å². The van der Waals surface area contributed by atoms with Crippen LogP contribution in [0.1, 0.15) is 12.8 Å². The Morgan fingerprint density at radius 1 is 1.10 bits per heavy atom. The van der Waals surface area contributed by atoms with Crippen molar-refractivity contribution in [2.45, 2.75) is 12.8 Å². The van der Waals surface area contributed by atoms with E-state index in [0.717, 1.165) is 29.5 Å². The molecule has 1 aromatic heterocycles. The Hall–Kier alpha value is -1.68. The molecule has 0 amide bonds. The van der Waals surface area contributed by atoms with Gasteiger partial charge in [-0.3, -0.25) is 5.43 Å². The summed E-state index contributed by atoms with van der Waals surface area (Å²) >= 11 is 2.24. The minimum absolute atomic E-state index is 0.237. The molecule has 0 atom stereocenters. The number of anilines is 2. The van der Waals surface area contributed by atoms with E-state index in [0.29, 0.717) is 17.6 Å². The second-order valence-corrected chi connectivity index (χ2v) is 5.88. The summed E-state index contributed by atoms with van der Waals surface area (Å²) in [5.74, 6) is 6.99. The van der Waals surface area contributed by atoms with Crippen molar-refractivity contribution in [2.24, 2.45) is 5.84 Å². The van der Waals surface area contributed by atoms with Crippen molar-refractivity contribution in [2.75, 3.05) is 23.4 Å². The second-order valence-electron chi connectivity index (χ2n) is 4.64. The molecule has 1 aliphatic heterocycles. The summed E-state index contributed by atoms with van der Waals surface area (Å²) in [6.07, 6.45) is 2.29. The van der Waals surface area contributed by atoms with Crippen LogP contribution >= 0.6 is 22.6 Å². The summed E-state index contributed by atoms with van der Waals surface area (Å²) in [7, 11) is 0. The average molecular weight is 398 g/mol. The lowest BCUT2D eigenvalue weighted by atomic mass is 10.3. The van der Waals surface area contributed by atoms with Gasteiger partial charge >= 0.3 is 6.01 Å². The first kappa shape index (κ1) is 14.3. The number of benzene rings is 1. The zero-order valence-electron chi connectivity index (χ0n) is 11.3. The number of nitrogens with zero attached hydrogens (tertiary/aromatic N) is 4. The average Bonchev–Trinajstić information content (AvgIpc) is 3.04. The first-order valence-corrected chi connectivity index (χ1v) is 7.73. The summed E-state index contributed by atoms with van der Waals surface area (Å²) in [4.78, 5) is 14.9. The third-order valence-corrected chi connectivity index (χ3v) is 3.86. The van der Waals surface area contributed by atoms with Gasteiger partial charge in [0.05, 0.1) is 0 Å². The molecular formula is C13H15IN6O. The highest BCUT2D eigenvalue weighted by Crippen LogP contribution is 2.23. The third kappa shape index (κ3) is 3.50. The summed E-state index contributed by atoms with van der Waals surface area (Å²) in [6, 6.07) is 7.90. The molecule has 0 unspecified atom stereocenters. The van der Waals surface area contributed by atoms with E-state index < -0.39 is 0 Å². The Bertz CT molecular complexity index is 615. The molecule has 8 heteroatoms. The van der Waals surface area contributed by atoms with Gasteiger partial charge in [0.25, 0.3) is 0 Å². The number of hydrazine groups is 1. The van der Waals surface area contributed by atoms with Crippen LogP contribution in [0.5, 0.6) is 11.8 Å². The molecular weight excluding hydrogens is 383 g/mol. The zero-order valence-corrected chi connectivity index (χ0v) is 13.4.